The van der Waals surface area contributed by atoms with Gasteiger partial charge in [0.2, 0.25) is 0 Å². The Balaban J connectivity index is 2.86. The Morgan fingerprint density at radius 3 is 2.73 bits per heavy atom. The molecule has 2 nitrogen and oxygen atoms in total. The molecule has 0 fully saturated rings. The van der Waals surface area contributed by atoms with Crippen LogP contribution in [0.4, 0.5) is 4.39 Å². The lowest BCUT2D eigenvalue weighted by atomic mass is 10.0. The molecule has 0 amide bonds. The third-order valence-corrected chi connectivity index (χ3v) is 2.39. The lowest BCUT2D eigenvalue weighted by Crippen LogP contribution is -2.19. The minimum Gasteiger partial charge on any atom is -0.386 e. The van der Waals surface area contributed by atoms with E-state index in [2.05, 4.69) is 0 Å². The standard InChI is InChI=1S/C11H14ClFO2/c1-3-15-7(2)11(14)9-5-4-8(12)6-10(9)13/h4-7,11,14H,3H2,1-2H3. The van der Waals surface area contributed by atoms with Crippen LogP contribution in [0.2, 0.25) is 5.02 Å². The lowest BCUT2D eigenvalue weighted by molar-refractivity contribution is -0.0242. The summed E-state index contributed by atoms with van der Waals surface area (Å²) in [5.41, 5.74) is 0.209. The van der Waals surface area contributed by atoms with E-state index in [-0.39, 0.29) is 5.56 Å². The van der Waals surface area contributed by atoms with Crippen LogP contribution >= 0.6 is 11.6 Å². The van der Waals surface area contributed by atoms with Crippen LogP contribution in [0.3, 0.4) is 0 Å². The minimum absolute atomic E-state index is 0.209. The number of aliphatic hydroxyl groups excluding tert-OH is 1. The molecule has 2 unspecified atom stereocenters. The van der Waals surface area contributed by atoms with E-state index in [0.29, 0.717) is 11.6 Å². The van der Waals surface area contributed by atoms with Crippen LogP contribution in [0.15, 0.2) is 18.2 Å². The predicted octanol–water partition coefficient (Wildman–Crippen LogP) is 2.94. The summed E-state index contributed by atoms with van der Waals surface area (Å²) in [5.74, 6) is -0.512. The molecular formula is C11H14ClFO2. The highest BCUT2D eigenvalue weighted by atomic mass is 35.5. The van der Waals surface area contributed by atoms with E-state index in [1.165, 1.54) is 12.1 Å². The Morgan fingerprint density at radius 1 is 1.53 bits per heavy atom. The van der Waals surface area contributed by atoms with Crippen LogP contribution in [-0.4, -0.2) is 17.8 Å². The van der Waals surface area contributed by atoms with Crippen LogP contribution in [0.25, 0.3) is 0 Å². The zero-order valence-electron chi connectivity index (χ0n) is 8.71. The van der Waals surface area contributed by atoms with E-state index in [4.69, 9.17) is 16.3 Å². The van der Waals surface area contributed by atoms with E-state index in [1.54, 1.807) is 13.0 Å². The fourth-order valence-electron chi connectivity index (χ4n) is 1.35. The maximum absolute atomic E-state index is 13.4. The van der Waals surface area contributed by atoms with Gasteiger partial charge in [-0.25, -0.2) is 4.39 Å². The molecule has 84 valence electrons. The molecule has 0 spiro atoms. The fourth-order valence-corrected chi connectivity index (χ4v) is 1.51. The van der Waals surface area contributed by atoms with Crippen molar-refractivity contribution in [2.24, 2.45) is 0 Å². The molecule has 0 bridgehead atoms. The van der Waals surface area contributed by atoms with Crippen LogP contribution in [0, 0.1) is 5.82 Å². The molecule has 2 atom stereocenters. The first-order valence-corrected chi connectivity index (χ1v) is 5.18. The first-order chi connectivity index (χ1) is 7.06. The number of hydrogen-bond donors (Lipinski definition) is 1. The maximum Gasteiger partial charge on any atom is 0.130 e. The highest BCUT2D eigenvalue weighted by Gasteiger charge is 2.19. The largest absolute Gasteiger partial charge is 0.386 e. The SMILES string of the molecule is CCOC(C)C(O)c1ccc(Cl)cc1F. The quantitative estimate of drug-likeness (QED) is 0.865. The van der Waals surface area contributed by atoms with E-state index >= 15 is 0 Å². The molecule has 0 saturated heterocycles. The third-order valence-electron chi connectivity index (χ3n) is 2.16. The molecule has 0 aliphatic rings. The molecular weight excluding hydrogens is 219 g/mol. The zero-order valence-corrected chi connectivity index (χ0v) is 9.46. The molecule has 1 aromatic carbocycles. The van der Waals surface area contributed by atoms with E-state index in [0.717, 1.165) is 0 Å². The normalized spacial score (nSPS) is 15.0. The highest BCUT2D eigenvalue weighted by molar-refractivity contribution is 6.30. The van der Waals surface area contributed by atoms with Crippen LogP contribution in [0.1, 0.15) is 25.5 Å². The fraction of sp³-hybridized carbons (Fsp3) is 0.455. The summed E-state index contributed by atoms with van der Waals surface area (Å²) in [5, 5.41) is 10.1. The predicted molar refractivity (Wildman–Crippen MR) is 57.5 cm³/mol. The molecule has 0 aliphatic carbocycles. The molecule has 0 aliphatic heterocycles. The molecule has 1 rings (SSSR count). The first kappa shape index (κ1) is 12.4. The van der Waals surface area contributed by atoms with Gasteiger partial charge in [0, 0.05) is 17.2 Å². The number of hydrogen-bond acceptors (Lipinski definition) is 2. The van der Waals surface area contributed by atoms with Crippen molar-refractivity contribution in [2.75, 3.05) is 6.61 Å². The van der Waals surface area contributed by atoms with Gasteiger partial charge in [-0.15, -0.1) is 0 Å². The van der Waals surface area contributed by atoms with Crippen molar-refractivity contribution in [1.82, 2.24) is 0 Å². The Labute approximate surface area is 93.6 Å². The number of benzene rings is 1. The van der Waals surface area contributed by atoms with Crippen LogP contribution in [-0.2, 0) is 4.74 Å². The van der Waals surface area contributed by atoms with Crippen LogP contribution < -0.4 is 0 Å². The smallest absolute Gasteiger partial charge is 0.130 e. The van der Waals surface area contributed by atoms with Gasteiger partial charge in [-0.2, -0.15) is 0 Å². The molecule has 4 heteroatoms. The zero-order chi connectivity index (χ0) is 11.4. The Kier molecular flexibility index (Phi) is 4.51. The molecule has 15 heavy (non-hydrogen) atoms. The Morgan fingerprint density at radius 2 is 2.20 bits per heavy atom. The molecule has 1 N–H and O–H groups in total. The van der Waals surface area contributed by atoms with Gasteiger partial charge in [0.1, 0.15) is 11.9 Å². The average molecular weight is 233 g/mol. The second-order valence-corrected chi connectivity index (χ2v) is 3.71. The molecule has 1 aromatic rings. The summed E-state index contributed by atoms with van der Waals surface area (Å²) in [7, 11) is 0. The first-order valence-electron chi connectivity index (χ1n) is 4.81. The topological polar surface area (TPSA) is 29.5 Å². The summed E-state index contributed by atoms with van der Waals surface area (Å²) in [4.78, 5) is 0. The van der Waals surface area contributed by atoms with Crippen molar-refractivity contribution in [3.63, 3.8) is 0 Å². The summed E-state index contributed by atoms with van der Waals surface area (Å²) in [6.07, 6.45) is -1.41. The maximum atomic E-state index is 13.4. The summed E-state index contributed by atoms with van der Waals surface area (Å²) in [6.45, 7) is 4.00. The summed E-state index contributed by atoms with van der Waals surface area (Å²) in [6, 6.07) is 4.19. The van der Waals surface area contributed by atoms with Crippen molar-refractivity contribution < 1.29 is 14.2 Å². The van der Waals surface area contributed by atoms with Crippen molar-refractivity contribution in [3.8, 4) is 0 Å². The minimum atomic E-state index is -0.970. The van der Waals surface area contributed by atoms with Gasteiger partial charge < -0.3 is 9.84 Å². The second kappa shape index (κ2) is 5.45. The van der Waals surface area contributed by atoms with E-state index in [9.17, 15) is 9.50 Å². The molecule has 0 radical (unpaired) electrons. The lowest BCUT2D eigenvalue weighted by Gasteiger charge is -2.19. The molecule has 0 saturated carbocycles. The Bertz CT molecular complexity index is 330. The average Bonchev–Trinajstić information content (AvgIpc) is 2.17. The van der Waals surface area contributed by atoms with Crippen LogP contribution in [0.5, 0.6) is 0 Å². The van der Waals surface area contributed by atoms with Gasteiger partial charge in [0.25, 0.3) is 0 Å². The molecule has 0 heterocycles. The van der Waals surface area contributed by atoms with Gasteiger partial charge >= 0.3 is 0 Å². The van der Waals surface area contributed by atoms with Gasteiger partial charge in [-0.05, 0) is 26.0 Å². The molecule has 0 aromatic heterocycles. The Hall–Kier alpha value is -0.640. The van der Waals surface area contributed by atoms with Gasteiger partial charge in [-0.1, -0.05) is 17.7 Å². The highest BCUT2D eigenvalue weighted by Crippen LogP contribution is 2.24. The van der Waals surface area contributed by atoms with Crippen molar-refractivity contribution >= 4 is 11.6 Å². The van der Waals surface area contributed by atoms with Crippen molar-refractivity contribution in [1.29, 1.82) is 0 Å². The number of aliphatic hydroxyl groups is 1. The van der Waals surface area contributed by atoms with E-state index in [1.807, 2.05) is 6.92 Å². The van der Waals surface area contributed by atoms with Crippen molar-refractivity contribution in [2.45, 2.75) is 26.1 Å². The van der Waals surface area contributed by atoms with Gasteiger partial charge in [0.15, 0.2) is 0 Å². The monoisotopic (exact) mass is 232 g/mol. The number of rotatable bonds is 4. The van der Waals surface area contributed by atoms with Crippen molar-refractivity contribution in [3.05, 3.63) is 34.6 Å². The number of ether oxygens (including phenoxy) is 1. The van der Waals surface area contributed by atoms with Gasteiger partial charge in [0.05, 0.1) is 6.10 Å². The number of halogens is 2. The summed E-state index contributed by atoms with van der Waals surface area (Å²) < 4.78 is 18.6. The third kappa shape index (κ3) is 3.16. The summed E-state index contributed by atoms with van der Waals surface area (Å²) >= 11 is 5.61. The van der Waals surface area contributed by atoms with E-state index < -0.39 is 18.0 Å². The van der Waals surface area contributed by atoms with Gasteiger partial charge in [-0.3, -0.25) is 0 Å². The second-order valence-electron chi connectivity index (χ2n) is 3.27.